The molecular weight excluding hydrogens is 252 g/mol. The van der Waals surface area contributed by atoms with Crippen molar-refractivity contribution in [3.8, 4) is 0 Å². The summed E-state index contributed by atoms with van der Waals surface area (Å²) in [6, 6.07) is 4.22. The van der Waals surface area contributed by atoms with Crippen molar-refractivity contribution in [1.82, 2.24) is 10.3 Å². The van der Waals surface area contributed by atoms with Gasteiger partial charge in [-0.1, -0.05) is 13.0 Å². The minimum atomic E-state index is 0.122. The maximum atomic E-state index is 11.3. The molecule has 4 nitrogen and oxygen atoms in total. The zero-order valence-corrected chi connectivity index (χ0v) is 12.0. The topological polar surface area (TPSA) is 55.1 Å². The third-order valence-corrected chi connectivity index (χ3v) is 4.10. The molecule has 0 saturated carbocycles. The second-order valence-electron chi connectivity index (χ2n) is 5.45. The van der Waals surface area contributed by atoms with E-state index in [2.05, 4.69) is 16.4 Å². The number of nitrogens with one attached hydrogen (secondary N) is 1. The van der Waals surface area contributed by atoms with Crippen LogP contribution >= 0.6 is 0 Å². The molecule has 1 aromatic heterocycles. The van der Waals surface area contributed by atoms with Crippen LogP contribution < -0.4 is 5.32 Å². The van der Waals surface area contributed by atoms with Gasteiger partial charge in [-0.2, -0.15) is 0 Å². The zero-order chi connectivity index (χ0) is 14.1. The second kappa shape index (κ2) is 5.27. The molecule has 1 amide bonds. The van der Waals surface area contributed by atoms with Gasteiger partial charge in [-0.25, -0.2) is 4.98 Å². The lowest BCUT2D eigenvalue weighted by Crippen LogP contribution is -2.24. The molecule has 0 aliphatic heterocycles. The summed E-state index contributed by atoms with van der Waals surface area (Å²) in [6.45, 7) is 4.50. The highest BCUT2D eigenvalue weighted by atomic mass is 16.3. The molecule has 2 aromatic rings. The highest BCUT2D eigenvalue weighted by Gasteiger charge is 2.26. The Kier molecular flexibility index (Phi) is 3.47. The van der Waals surface area contributed by atoms with Crippen molar-refractivity contribution in [3.05, 3.63) is 29.2 Å². The van der Waals surface area contributed by atoms with Gasteiger partial charge in [-0.05, 0) is 36.8 Å². The number of rotatable bonds is 4. The van der Waals surface area contributed by atoms with Gasteiger partial charge in [0.1, 0.15) is 5.52 Å². The van der Waals surface area contributed by atoms with Crippen LogP contribution in [0.1, 0.15) is 49.1 Å². The summed E-state index contributed by atoms with van der Waals surface area (Å²) in [5.41, 5.74) is 4.59. The number of carbonyl (C=O) groups excluding carboxylic acids is 1. The number of oxazole rings is 1. The first-order chi connectivity index (χ1) is 9.69. The predicted molar refractivity (Wildman–Crippen MR) is 77.7 cm³/mol. The third kappa shape index (κ3) is 2.30. The average Bonchev–Trinajstić information content (AvgIpc) is 3.00. The minimum absolute atomic E-state index is 0.122. The van der Waals surface area contributed by atoms with E-state index in [9.17, 15) is 4.79 Å². The molecule has 3 rings (SSSR count). The van der Waals surface area contributed by atoms with Gasteiger partial charge in [-0.3, -0.25) is 4.79 Å². The molecule has 1 aliphatic rings. The largest absolute Gasteiger partial charge is 0.441 e. The summed E-state index contributed by atoms with van der Waals surface area (Å²) < 4.78 is 5.79. The molecular formula is C16H20N2O2. The van der Waals surface area contributed by atoms with Crippen molar-refractivity contribution >= 4 is 17.0 Å². The van der Waals surface area contributed by atoms with E-state index in [-0.39, 0.29) is 5.91 Å². The maximum absolute atomic E-state index is 11.3. The van der Waals surface area contributed by atoms with Crippen LogP contribution in [0.5, 0.6) is 0 Å². The Hall–Kier alpha value is -1.84. The van der Waals surface area contributed by atoms with Gasteiger partial charge in [0, 0.05) is 25.5 Å². The lowest BCUT2D eigenvalue weighted by atomic mass is 9.97. The van der Waals surface area contributed by atoms with Gasteiger partial charge in [0.15, 0.2) is 11.5 Å². The Morgan fingerprint density at radius 1 is 1.50 bits per heavy atom. The molecule has 0 radical (unpaired) electrons. The number of carbonyl (C=O) groups is 1. The summed E-state index contributed by atoms with van der Waals surface area (Å²) in [5, 5.41) is 2.96. The molecule has 1 N–H and O–H groups in total. The van der Waals surface area contributed by atoms with E-state index >= 15 is 0 Å². The van der Waals surface area contributed by atoms with Crippen LogP contribution in [0.4, 0.5) is 0 Å². The van der Waals surface area contributed by atoms with Crippen LogP contribution in [0.3, 0.4) is 0 Å². The van der Waals surface area contributed by atoms with Crippen LogP contribution in [-0.4, -0.2) is 17.4 Å². The second-order valence-corrected chi connectivity index (χ2v) is 5.45. The summed E-state index contributed by atoms with van der Waals surface area (Å²) in [7, 11) is 0. The van der Waals surface area contributed by atoms with Crippen LogP contribution in [0.15, 0.2) is 16.5 Å². The van der Waals surface area contributed by atoms with Gasteiger partial charge in [0.05, 0.1) is 0 Å². The normalized spacial score (nSPS) is 17.4. The standard InChI is InChI=1S/C16H20N2O2/c1-3-14(19)17-9-8-12-5-4-11-6-7-13-16(15(11)12)20-10(2)18-13/h6-7,12H,3-5,8-9H2,1-2H3,(H,17,19)/t12-/m0/s1. The Morgan fingerprint density at radius 3 is 3.15 bits per heavy atom. The Labute approximate surface area is 118 Å². The van der Waals surface area contributed by atoms with Gasteiger partial charge in [0.2, 0.25) is 5.91 Å². The monoisotopic (exact) mass is 272 g/mol. The molecule has 0 bridgehead atoms. The molecule has 4 heteroatoms. The number of fused-ring (bicyclic) bond motifs is 3. The minimum Gasteiger partial charge on any atom is -0.441 e. The van der Waals surface area contributed by atoms with Gasteiger partial charge in [0.25, 0.3) is 0 Å². The number of aromatic nitrogens is 1. The number of amides is 1. The number of hydrogen-bond donors (Lipinski definition) is 1. The molecule has 1 atom stereocenters. The number of benzene rings is 1. The smallest absolute Gasteiger partial charge is 0.219 e. The number of aryl methyl sites for hydroxylation is 2. The van der Waals surface area contributed by atoms with Crippen molar-refractivity contribution in [1.29, 1.82) is 0 Å². The highest BCUT2D eigenvalue weighted by molar-refractivity contribution is 5.79. The van der Waals surface area contributed by atoms with E-state index in [1.165, 1.54) is 11.1 Å². The van der Waals surface area contributed by atoms with Crippen molar-refractivity contribution in [2.45, 2.75) is 45.4 Å². The first kappa shape index (κ1) is 13.2. The number of nitrogens with zero attached hydrogens (tertiary/aromatic N) is 1. The van der Waals surface area contributed by atoms with Crippen molar-refractivity contribution in [2.24, 2.45) is 0 Å². The van der Waals surface area contributed by atoms with E-state index in [4.69, 9.17) is 4.42 Å². The van der Waals surface area contributed by atoms with Crippen LogP contribution in [0.25, 0.3) is 11.1 Å². The van der Waals surface area contributed by atoms with E-state index in [0.29, 0.717) is 12.3 Å². The predicted octanol–water partition coefficient (Wildman–Crippen LogP) is 3.08. The van der Waals surface area contributed by atoms with Crippen LogP contribution in [0, 0.1) is 6.92 Å². The molecule has 1 heterocycles. The quantitative estimate of drug-likeness (QED) is 0.930. The van der Waals surface area contributed by atoms with E-state index < -0.39 is 0 Å². The van der Waals surface area contributed by atoms with Crippen LogP contribution in [-0.2, 0) is 11.2 Å². The molecule has 1 aromatic carbocycles. The van der Waals surface area contributed by atoms with E-state index in [1.807, 2.05) is 19.9 Å². The van der Waals surface area contributed by atoms with E-state index in [1.54, 1.807) is 0 Å². The van der Waals surface area contributed by atoms with Crippen LogP contribution in [0.2, 0.25) is 0 Å². The summed E-state index contributed by atoms with van der Waals surface area (Å²) in [5.74, 6) is 1.31. The summed E-state index contributed by atoms with van der Waals surface area (Å²) in [4.78, 5) is 15.7. The summed E-state index contributed by atoms with van der Waals surface area (Å²) in [6.07, 6.45) is 3.75. The summed E-state index contributed by atoms with van der Waals surface area (Å²) >= 11 is 0. The third-order valence-electron chi connectivity index (χ3n) is 4.10. The molecule has 1 aliphatic carbocycles. The first-order valence-electron chi connectivity index (χ1n) is 7.34. The lowest BCUT2D eigenvalue weighted by Gasteiger charge is -2.12. The van der Waals surface area contributed by atoms with Crippen molar-refractivity contribution < 1.29 is 9.21 Å². The van der Waals surface area contributed by atoms with Crippen molar-refractivity contribution in [2.75, 3.05) is 6.54 Å². The fourth-order valence-corrected chi connectivity index (χ4v) is 3.10. The average molecular weight is 272 g/mol. The molecule has 0 fully saturated rings. The number of hydrogen-bond acceptors (Lipinski definition) is 3. The van der Waals surface area contributed by atoms with E-state index in [0.717, 1.165) is 42.8 Å². The Bertz CT molecular complexity index is 645. The molecule has 0 saturated heterocycles. The molecule has 106 valence electrons. The Morgan fingerprint density at radius 2 is 2.35 bits per heavy atom. The lowest BCUT2D eigenvalue weighted by molar-refractivity contribution is -0.120. The molecule has 0 spiro atoms. The van der Waals surface area contributed by atoms with Crippen molar-refractivity contribution in [3.63, 3.8) is 0 Å². The molecule has 20 heavy (non-hydrogen) atoms. The SMILES string of the molecule is CCC(=O)NCC[C@@H]1CCc2ccc3nc(C)oc3c21. The Balaban J connectivity index is 1.81. The molecule has 0 unspecified atom stereocenters. The first-order valence-corrected chi connectivity index (χ1v) is 7.34. The fraction of sp³-hybridized carbons (Fsp3) is 0.500. The van der Waals surface area contributed by atoms with Gasteiger partial charge < -0.3 is 9.73 Å². The zero-order valence-electron chi connectivity index (χ0n) is 12.0. The maximum Gasteiger partial charge on any atom is 0.219 e. The van der Waals surface area contributed by atoms with Gasteiger partial charge >= 0.3 is 0 Å². The van der Waals surface area contributed by atoms with Gasteiger partial charge in [-0.15, -0.1) is 0 Å². The highest BCUT2D eigenvalue weighted by Crippen LogP contribution is 2.40. The fourth-order valence-electron chi connectivity index (χ4n) is 3.10.